The van der Waals surface area contributed by atoms with E-state index in [1.807, 2.05) is 32.0 Å². The highest BCUT2D eigenvalue weighted by molar-refractivity contribution is 7.97. The van der Waals surface area contributed by atoms with Gasteiger partial charge in [-0.25, -0.2) is 0 Å². The molecule has 0 aromatic heterocycles. The predicted octanol–water partition coefficient (Wildman–Crippen LogP) is 8.05. The average Bonchev–Trinajstić information content (AvgIpc) is 2.58. The molecule has 0 fully saturated rings. The van der Waals surface area contributed by atoms with Gasteiger partial charge in [-0.2, -0.15) is 26.3 Å². The van der Waals surface area contributed by atoms with Crippen LogP contribution in [0.1, 0.15) is 33.4 Å². The van der Waals surface area contributed by atoms with Crippen LogP contribution in [-0.4, -0.2) is 0 Å². The van der Waals surface area contributed by atoms with Crippen molar-refractivity contribution in [2.45, 2.75) is 54.7 Å². The van der Waals surface area contributed by atoms with Crippen molar-refractivity contribution >= 4 is 10.9 Å². The van der Waals surface area contributed by atoms with Gasteiger partial charge >= 0.3 is 12.4 Å². The summed E-state index contributed by atoms with van der Waals surface area (Å²) in [6.45, 7) is 6.82. The van der Waals surface area contributed by atoms with Gasteiger partial charge in [0.15, 0.2) is 14.7 Å². The molecule has 0 saturated heterocycles. The molecule has 7 heteroatoms. The standard InChI is InChI=1S/C24H21F6S/c1-14-5-15(2)9-20(8-14)31(21-10-16(3)6-18(12-21)23(25,26)27)22-11-17(4)7-19(13-22)24(28,29)30/h5-13H,1-4H3/q+1. The summed E-state index contributed by atoms with van der Waals surface area (Å²) in [5, 5.41) is 0. The normalized spacial score (nSPS) is 12.5. The second-order valence-corrected chi connectivity index (χ2v) is 9.72. The molecule has 0 heterocycles. The number of benzene rings is 3. The molecule has 0 unspecified atom stereocenters. The molecule has 0 nitrogen and oxygen atoms in total. The molecule has 0 spiro atoms. The molecule has 0 N–H and O–H groups in total. The van der Waals surface area contributed by atoms with E-state index in [4.69, 9.17) is 0 Å². The third kappa shape index (κ3) is 5.45. The van der Waals surface area contributed by atoms with Crippen molar-refractivity contribution in [3.8, 4) is 0 Å². The minimum atomic E-state index is -4.55. The van der Waals surface area contributed by atoms with Gasteiger partial charge in [-0.15, -0.1) is 0 Å². The zero-order chi connectivity index (χ0) is 23.1. The van der Waals surface area contributed by atoms with Crippen molar-refractivity contribution in [1.29, 1.82) is 0 Å². The van der Waals surface area contributed by atoms with Gasteiger partial charge in [-0.05, 0) is 86.3 Å². The van der Waals surface area contributed by atoms with Crippen molar-refractivity contribution < 1.29 is 26.3 Å². The molecule has 0 aliphatic carbocycles. The molecule has 3 aromatic carbocycles. The molecule has 0 aliphatic heterocycles. The SMILES string of the molecule is Cc1cc(C)cc([S+](c2cc(C)cc(C(F)(F)F)c2)c2cc(C)cc(C(F)(F)F)c2)c1. The first kappa shape index (κ1) is 23.3. The van der Waals surface area contributed by atoms with Crippen molar-refractivity contribution in [3.05, 3.63) is 88.0 Å². The zero-order valence-electron chi connectivity index (χ0n) is 17.4. The topological polar surface area (TPSA) is 0 Å². The van der Waals surface area contributed by atoms with E-state index in [0.717, 1.165) is 35.4 Å². The van der Waals surface area contributed by atoms with E-state index in [9.17, 15) is 26.3 Å². The highest BCUT2D eigenvalue weighted by Gasteiger charge is 2.38. The summed E-state index contributed by atoms with van der Waals surface area (Å²) in [5.74, 6) is 0. The molecule has 164 valence electrons. The largest absolute Gasteiger partial charge is 0.416 e. The van der Waals surface area contributed by atoms with Crippen LogP contribution in [0, 0.1) is 27.7 Å². The van der Waals surface area contributed by atoms with Crippen LogP contribution in [0.2, 0.25) is 0 Å². The summed E-state index contributed by atoms with van der Waals surface area (Å²) in [5.41, 5.74) is 0.951. The molecule has 0 bridgehead atoms. The molecule has 0 radical (unpaired) electrons. The maximum Gasteiger partial charge on any atom is 0.416 e. The van der Waals surface area contributed by atoms with Crippen LogP contribution >= 0.6 is 0 Å². The Balaban J connectivity index is 2.33. The summed E-state index contributed by atoms with van der Waals surface area (Å²) >= 11 is 0. The molecule has 3 rings (SSSR count). The first-order valence-electron chi connectivity index (χ1n) is 9.44. The first-order chi connectivity index (χ1) is 14.2. The van der Waals surface area contributed by atoms with Gasteiger partial charge in [0.2, 0.25) is 0 Å². The molecule has 0 atom stereocenters. The van der Waals surface area contributed by atoms with Crippen molar-refractivity contribution in [2.75, 3.05) is 0 Å². The second kappa shape index (κ2) is 8.26. The fourth-order valence-electron chi connectivity index (χ4n) is 3.52. The zero-order valence-corrected chi connectivity index (χ0v) is 18.2. The lowest BCUT2D eigenvalue weighted by Gasteiger charge is -2.15. The Morgan fingerprint density at radius 3 is 1.06 bits per heavy atom. The van der Waals surface area contributed by atoms with E-state index in [-0.39, 0.29) is 0 Å². The fraction of sp³-hybridized carbons (Fsp3) is 0.250. The summed E-state index contributed by atoms with van der Waals surface area (Å²) in [7, 11) is -1.15. The Morgan fingerprint density at radius 2 is 0.742 bits per heavy atom. The second-order valence-electron chi connectivity index (χ2n) is 7.69. The number of aryl methyl sites for hydroxylation is 4. The Bertz CT molecular complexity index is 1030. The van der Waals surface area contributed by atoms with Crippen LogP contribution in [0.4, 0.5) is 26.3 Å². The summed E-state index contributed by atoms with van der Waals surface area (Å²) in [6, 6.07) is 13.0. The Morgan fingerprint density at radius 1 is 0.452 bits per heavy atom. The lowest BCUT2D eigenvalue weighted by molar-refractivity contribution is -0.138. The Hall–Kier alpha value is -2.41. The predicted molar refractivity (Wildman–Crippen MR) is 110 cm³/mol. The number of alkyl halides is 6. The maximum atomic E-state index is 13.5. The molecule has 0 amide bonds. The van der Waals surface area contributed by atoms with Crippen LogP contribution in [0.15, 0.2) is 69.3 Å². The number of rotatable bonds is 3. The number of halogens is 6. The molecule has 0 aliphatic rings. The van der Waals surface area contributed by atoms with Crippen LogP contribution < -0.4 is 0 Å². The molecule has 0 saturated carbocycles. The Labute approximate surface area is 180 Å². The van der Waals surface area contributed by atoms with Gasteiger partial charge < -0.3 is 0 Å². The Kier molecular flexibility index (Phi) is 6.20. The van der Waals surface area contributed by atoms with Gasteiger partial charge in [0.25, 0.3) is 0 Å². The smallest absolute Gasteiger partial charge is 0.166 e. The quantitative estimate of drug-likeness (QED) is 0.277. The van der Waals surface area contributed by atoms with E-state index >= 15 is 0 Å². The van der Waals surface area contributed by atoms with Crippen molar-refractivity contribution in [1.82, 2.24) is 0 Å². The first-order valence-corrected chi connectivity index (χ1v) is 10.7. The van der Waals surface area contributed by atoms with Crippen LogP contribution in [-0.2, 0) is 23.2 Å². The van der Waals surface area contributed by atoms with E-state index in [1.165, 1.54) is 0 Å². The minimum Gasteiger partial charge on any atom is -0.166 e. The van der Waals surface area contributed by atoms with E-state index in [2.05, 4.69) is 0 Å². The van der Waals surface area contributed by atoms with E-state index in [1.54, 1.807) is 26.0 Å². The monoisotopic (exact) mass is 455 g/mol. The van der Waals surface area contributed by atoms with E-state index < -0.39 is 34.4 Å². The number of hydrogen-bond donors (Lipinski definition) is 0. The highest BCUT2D eigenvalue weighted by atomic mass is 32.2. The summed E-state index contributed by atoms with van der Waals surface area (Å²) < 4.78 is 80.9. The van der Waals surface area contributed by atoms with Crippen molar-refractivity contribution in [3.63, 3.8) is 0 Å². The third-order valence-corrected chi connectivity index (χ3v) is 6.78. The fourth-order valence-corrected chi connectivity index (χ4v) is 6.04. The van der Waals surface area contributed by atoms with Gasteiger partial charge in [-0.1, -0.05) is 6.07 Å². The lowest BCUT2D eigenvalue weighted by atomic mass is 10.1. The molecule has 31 heavy (non-hydrogen) atoms. The van der Waals surface area contributed by atoms with Gasteiger partial charge in [0.1, 0.15) is 0 Å². The van der Waals surface area contributed by atoms with Gasteiger partial charge in [-0.3, -0.25) is 0 Å². The molecular weight excluding hydrogens is 434 g/mol. The summed E-state index contributed by atoms with van der Waals surface area (Å²) in [6.07, 6.45) is -9.11. The van der Waals surface area contributed by atoms with Crippen molar-refractivity contribution in [2.24, 2.45) is 0 Å². The highest BCUT2D eigenvalue weighted by Crippen LogP contribution is 2.39. The molecular formula is C24H21F6S+. The van der Waals surface area contributed by atoms with Crippen LogP contribution in [0.25, 0.3) is 0 Å². The van der Waals surface area contributed by atoms with Crippen LogP contribution in [0.3, 0.4) is 0 Å². The lowest BCUT2D eigenvalue weighted by Crippen LogP contribution is -2.12. The van der Waals surface area contributed by atoms with E-state index in [0.29, 0.717) is 25.8 Å². The summed E-state index contributed by atoms with van der Waals surface area (Å²) in [4.78, 5) is 1.34. The van der Waals surface area contributed by atoms with Gasteiger partial charge in [0, 0.05) is 12.1 Å². The number of hydrogen-bond acceptors (Lipinski definition) is 0. The third-order valence-electron chi connectivity index (χ3n) is 4.66. The van der Waals surface area contributed by atoms with Gasteiger partial charge in [0.05, 0.1) is 22.0 Å². The minimum absolute atomic E-state index is 0.330. The maximum absolute atomic E-state index is 13.5. The van der Waals surface area contributed by atoms with Crippen LogP contribution in [0.5, 0.6) is 0 Å². The molecule has 3 aromatic rings. The average molecular weight is 455 g/mol.